The Kier molecular flexibility index (Phi) is 4.84. The lowest BCUT2D eigenvalue weighted by Gasteiger charge is -2.12. The Morgan fingerprint density at radius 3 is 2.62 bits per heavy atom. The molecule has 6 heteroatoms. The molecule has 0 saturated carbocycles. The summed E-state index contributed by atoms with van der Waals surface area (Å²) in [6.45, 7) is 4.38. The minimum Gasteiger partial charge on any atom is -0.492 e. The molecule has 0 bridgehead atoms. The number of carbonyl (C=O) groups excluding carboxylic acids is 1. The molecule has 26 heavy (non-hydrogen) atoms. The number of hydrogen-bond acceptors (Lipinski definition) is 3. The first-order chi connectivity index (χ1) is 12.5. The monoisotopic (exact) mass is 348 g/mol. The molecule has 0 spiro atoms. The molecule has 2 aromatic carbocycles. The Bertz CT molecular complexity index is 1010. The molecular formula is C20H20N4O2. The minimum absolute atomic E-state index is 0.279. The van der Waals surface area contributed by atoms with E-state index in [0.717, 1.165) is 11.1 Å². The van der Waals surface area contributed by atoms with Gasteiger partial charge in [-0.3, -0.25) is 4.79 Å². The predicted octanol–water partition coefficient (Wildman–Crippen LogP) is 3.02. The maximum Gasteiger partial charge on any atom is 0.280 e. The zero-order valence-electron chi connectivity index (χ0n) is 14.7. The fourth-order valence-corrected chi connectivity index (χ4v) is 2.85. The van der Waals surface area contributed by atoms with Gasteiger partial charge in [0.15, 0.2) is 5.96 Å². The standard InChI is InChI=1S/C20H20N4O2/c1-3-26-17-10-6-9-14-15(19(25)24-20(21)22)11-16(23-18(14)17)13-8-5-4-7-12(13)2/h4-11H,3H2,1-2H3,(H4,21,22,24,25). The molecule has 132 valence electrons. The lowest BCUT2D eigenvalue weighted by Crippen LogP contribution is -2.24. The number of aliphatic imine (C=N–C) groups is 1. The number of aryl methyl sites for hydroxylation is 1. The summed E-state index contributed by atoms with van der Waals surface area (Å²) in [7, 11) is 0. The Morgan fingerprint density at radius 1 is 1.15 bits per heavy atom. The Balaban J connectivity index is 2.34. The molecule has 0 atom stereocenters. The van der Waals surface area contributed by atoms with Crippen LogP contribution in [0.4, 0.5) is 0 Å². The fourth-order valence-electron chi connectivity index (χ4n) is 2.85. The van der Waals surface area contributed by atoms with Gasteiger partial charge in [0.1, 0.15) is 11.3 Å². The number of para-hydroxylation sites is 1. The van der Waals surface area contributed by atoms with Gasteiger partial charge < -0.3 is 16.2 Å². The molecule has 3 rings (SSSR count). The first-order valence-electron chi connectivity index (χ1n) is 8.27. The highest BCUT2D eigenvalue weighted by atomic mass is 16.5. The summed E-state index contributed by atoms with van der Waals surface area (Å²) in [6, 6.07) is 15.0. The molecule has 0 aliphatic heterocycles. The molecule has 1 aromatic heterocycles. The zero-order valence-corrected chi connectivity index (χ0v) is 14.7. The molecule has 1 amide bonds. The maximum absolute atomic E-state index is 12.6. The summed E-state index contributed by atoms with van der Waals surface area (Å²) in [4.78, 5) is 21.0. The molecular weight excluding hydrogens is 328 g/mol. The van der Waals surface area contributed by atoms with Gasteiger partial charge >= 0.3 is 0 Å². The van der Waals surface area contributed by atoms with Crippen LogP contribution in [-0.2, 0) is 0 Å². The van der Waals surface area contributed by atoms with Gasteiger partial charge in [-0.25, -0.2) is 4.98 Å². The molecule has 0 aliphatic rings. The van der Waals surface area contributed by atoms with Gasteiger partial charge in [-0.1, -0.05) is 36.4 Å². The maximum atomic E-state index is 12.6. The van der Waals surface area contributed by atoms with Crippen LogP contribution >= 0.6 is 0 Å². The third kappa shape index (κ3) is 3.35. The topological polar surface area (TPSA) is 104 Å². The van der Waals surface area contributed by atoms with Gasteiger partial charge in [-0.05, 0) is 31.5 Å². The highest BCUT2D eigenvalue weighted by Gasteiger charge is 2.17. The quantitative estimate of drug-likeness (QED) is 0.557. The van der Waals surface area contributed by atoms with Crippen molar-refractivity contribution in [2.75, 3.05) is 6.61 Å². The van der Waals surface area contributed by atoms with Crippen LogP contribution in [0, 0.1) is 6.92 Å². The third-order valence-electron chi connectivity index (χ3n) is 3.98. The van der Waals surface area contributed by atoms with Crippen molar-refractivity contribution in [2.24, 2.45) is 16.5 Å². The normalized spacial score (nSPS) is 10.5. The second kappa shape index (κ2) is 7.23. The number of benzene rings is 2. The van der Waals surface area contributed by atoms with Gasteiger partial charge in [0.2, 0.25) is 0 Å². The van der Waals surface area contributed by atoms with Gasteiger partial charge in [-0.15, -0.1) is 0 Å². The summed E-state index contributed by atoms with van der Waals surface area (Å²) < 4.78 is 5.70. The molecule has 0 aliphatic carbocycles. The van der Waals surface area contributed by atoms with E-state index < -0.39 is 5.91 Å². The van der Waals surface area contributed by atoms with Crippen LogP contribution < -0.4 is 16.2 Å². The van der Waals surface area contributed by atoms with Crippen LogP contribution in [0.5, 0.6) is 5.75 Å². The van der Waals surface area contributed by atoms with Crippen LogP contribution in [0.25, 0.3) is 22.2 Å². The Morgan fingerprint density at radius 2 is 1.92 bits per heavy atom. The first kappa shape index (κ1) is 17.4. The van der Waals surface area contributed by atoms with Crippen LogP contribution in [0.2, 0.25) is 0 Å². The molecule has 0 fully saturated rings. The Hall–Kier alpha value is -3.41. The van der Waals surface area contributed by atoms with Crippen molar-refractivity contribution in [3.63, 3.8) is 0 Å². The van der Waals surface area contributed by atoms with Gasteiger partial charge in [-0.2, -0.15) is 4.99 Å². The van der Waals surface area contributed by atoms with Crippen molar-refractivity contribution in [2.45, 2.75) is 13.8 Å². The second-order valence-electron chi connectivity index (χ2n) is 5.80. The number of ether oxygens (including phenoxy) is 1. The first-order valence-corrected chi connectivity index (χ1v) is 8.27. The number of rotatable bonds is 4. The van der Waals surface area contributed by atoms with Gasteiger partial charge in [0.25, 0.3) is 5.91 Å². The van der Waals surface area contributed by atoms with Crippen LogP contribution in [0.3, 0.4) is 0 Å². The van der Waals surface area contributed by atoms with E-state index >= 15 is 0 Å². The molecule has 1 heterocycles. The number of hydrogen-bond donors (Lipinski definition) is 2. The smallest absolute Gasteiger partial charge is 0.280 e. The van der Waals surface area contributed by atoms with Crippen molar-refractivity contribution < 1.29 is 9.53 Å². The van der Waals surface area contributed by atoms with Crippen molar-refractivity contribution in [3.8, 4) is 17.0 Å². The van der Waals surface area contributed by atoms with Crippen molar-refractivity contribution in [3.05, 3.63) is 59.7 Å². The van der Waals surface area contributed by atoms with E-state index in [1.807, 2.05) is 56.3 Å². The van der Waals surface area contributed by atoms with Gasteiger partial charge in [0, 0.05) is 10.9 Å². The molecule has 0 saturated heterocycles. The number of guanidine groups is 1. The number of nitrogens with zero attached hydrogens (tertiary/aromatic N) is 2. The van der Waals surface area contributed by atoms with Crippen LogP contribution in [-0.4, -0.2) is 23.5 Å². The average Bonchev–Trinajstić information content (AvgIpc) is 2.61. The average molecular weight is 348 g/mol. The van der Waals surface area contributed by atoms with Crippen molar-refractivity contribution in [1.29, 1.82) is 0 Å². The number of carbonyl (C=O) groups is 1. The summed E-state index contributed by atoms with van der Waals surface area (Å²) >= 11 is 0. The summed E-state index contributed by atoms with van der Waals surface area (Å²) in [5.41, 5.74) is 14.4. The molecule has 4 N–H and O–H groups in total. The highest BCUT2D eigenvalue weighted by molar-refractivity contribution is 6.11. The van der Waals surface area contributed by atoms with Crippen LogP contribution in [0.1, 0.15) is 22.8 Å². The van der Waals surface area contributed by atoms with E-state index in [1.165, 1.54) is 0 Å². The van der Waals surface area contributed by atoms with Crippen molar-refractivity contribution in [1.82, 2.24) is 4.98 Å². The molecule has 0 radical (unpaired) electrons. The largest absolute Gasteiger partial charge is 0.492 e. The summed E-state index contributed by atoms with van der Waals surface area (Å²) in [5.74, 6) is -0.182. The van der Waals surface area contributed by atoms with E-state index in [2.05, 4.69) is 4.99 Å². The number of amides is 1. The summed E-state index contributed by atoms with van der Waals surface area (Å²) in [6.07, 6.45) is 0. The molecule has 3 aromatic rings. The third-order valence-corrected chi connectivity index (χ3v) is 3.98. The van der Waals surface area contributed by atoms with E-state index in [-0.39, 0.29) is 5.96 Å². The molecule has 6 nitrogen and oxygen atoms in total. The van der Waals surface area contributed by atoms with E-state index in [9.17, 15) is 4.79 Å². The number of pyridine rings is 1. The van der Waals surface area contributed by atoms with E-state index in [4.69, 9.17) is 21.2 Å². The Labute approximate surface area is 151 Å². The SMILES string of the molecule is CCOc1cccc2c(C(=O)N=C(N)N)cc(-c3ccccc3C)nc12. The summed E-state index contributed by atoms with van der Waals surface area (Å²) in [5, 5.41) is 0.642. The highest BCUT2D eigenvalue weighted by Crippen LogP contribution is 2.32. The van der Waals surface area contributed by atoms with Crippen LogP contribution in [0.15, 0.2) is 53.5 Å². The minimum atomic E-state index is -0.513. The number of aromatic nitrogens is 1. The number of nitrogens with two attached hydrogens (primary N) is 2. The lowest BCUT2D eigenvalue weighted by atomic mass is 10.0. The van der Waals surface area contributed by atoms with E-state index in [1.54, 1.807) is 6.07 Å². The second-order valence-corrected chi connectivity index (χ2v) is 5.80. The fraction of sp³-hybridized carbons (Fsp3) is 0.150. The van der Waals surface area contributed by atoms with Crippen molar-refractivity contribution >= 4 is 22.8 Å². The zero-order chi connectivity index (χ0) is 18.7. The van der Waals surface area contributed by atoms with Gasteiger partial charge in [0.05, 0.1) is 17.9 Å². The lowest BCUT2D eigenvalue weighted by molar-refractivity contribution is 0.100. The predicted molar refractivity (Wildman–Crippen MR) is 103 cm³/mol. The van der Waals surface area contributed by atoms with E-state index in [0.29, 0.717) is 34.5 Å². The molecule has 0 unspecified atom stereocenters. The number of fused-ring (bicyclic) bond motifs is 1.